The van der Waals surface area contributed by atoms with Crippen molar-refractivity contribution < 1.29 is 24.0 Å². The van der Waals surface area contributed by atoms with Gasteiger partial charge in [-0.25, -0.2) is 4.79 Å². The van der Waals surface area contributed by atoms with Gasteiger partial charge in [0.1, 0.15) is 16.0 Å². The molecule has 2 heterocycles. The van der Waals surface area contributed by atoms with Gasteiger partial charge >= 0.3 is 11.8 Å². The summed E-state index contributed by atoms with van der Waals surface area (Å²) in [7, 11) is 1.17. The molecule has 11 nitrogen and oxygen atoms in total. The minimum Gasteiger partial charge on any atom is -0.465 e. The van der Waals surface area contributed by atoms with Crippen LogP contribution in [0.2, 0.25) is 0 Å². The molecule has 0 spiro atoms. The van der Waals surface area contributed by atoms with Gasteiger partial charge in [0.05, 0.1) is 28.3 Å². The molecule has 2 aromatic heterocycles. The zero-order chi connectivity index (χ0) is 20.5. The van der Waals surface area contributed by atoms with Gasteiger partial charge in [-0.1, -0.05) is 0 Å². The number of amides is 2. The van der Waals surface area contributed by atoms with Crippen molar-refractivity contribution in [2.75, 3.05) is 12.4 Å². The minimum absolute atomic E-state index is 0.0222. The van der Waals surface area contributed by atoms with Crippen LogP contribution in [0.3, 0.4) is 0 Å². The molecule has 27 heavy (non-hydrogen) atoms. The van der Waals surface area contributed by atoms with E-state index in [1.807, 2.05) is 0 Å². The fourth-order valence-electron chi connectivity index (χ4n) is 2.27. The molecular formula is C14H14BrN5O6S. The molecule has 0 atom stereocenters. The topological polar surface area (TPSA) is 159 Å². The second-order valence-corrected chi connectivity index (χ2v) is 7.12. The number of aromatic nitrogens is 2. The van der Waals surface area contributed by atoms with Crippen molar-refractivity contribution >= 4 is 55.9 Å². The first-order valence-electron chi connectivity index (χ1n) is 7.27. The zero-order valence-electron chi connectivity index (χ0n) is 14.4. The maximum Gasteiger partial charge on any atom is 0.404 e. The number of nitro groups is 1. The van der Waals surface area contributed by atoms with E-state index in [4.69, 9.17) is 5.73 Å². The highest BCUT2D eigenvalue weighted by atomic mass is 79.9. The van der Waals surface area contributed by atoms with Gasteiger partial charge in [-0.05, 0) is 40.3 Å². The second kappa shape index (κ2) is 7.84. The summed E-state index contributed by atoms with van der Waals surface area (Å²) in [6.07, 6.45) is 0. The Labute approximate surface area is 164 Å². The minimum atomic E-state index is -0.745. The average Bonchev–Trinajstić information content (AvgIpc) is 3.05. The van der Waals surface area contributed by atoms with Gasteiger partial charge in [-0.3, -0.25) is 9.59 Å². The number of rotatable bonds is 6. The third kappa shape index (κ3) is 3.98. The lowest BCUT2D eigenvalue weighted by atomic mass is 10.1. The number of nitrogens with one attached hydrogen (secondary N) is 1. The van der Waals surface area contributed by atoms with Gasteiger partial charge in [0.2, 0.25) is 5.91 Å². The Morgan fingerprint density at radius 1 is 1.41 bits per heavy atom. The van der Waals surface area contributed by atoms with Crippen LogP contribution in [0.1, 0.15) is 31.3 Å². The summed E-state index contributed by atoms with van der Waals surface area (Å²) in [5.74, 6) is -2.50. The molecule has 0 aromatic carbocycles. The summed E-state index contributed by atoms with van der Waals surface area (Å²) in [5.41, 5.74) is 5.98. The molecule has 144 valence electrons. The van der Waals surface area contributed by atoms with E-state index in [2.05, 4.69) is 31.1 Å². The number of halogens is 1. The van der Waals surface area contributed by atoms with E-state index in [-0.39, 0.29) is 26.5 Å². The van der Waals surface area contributed by atoms with Gasteiger partial charge in [-0.2, -0.15) is 4.68 Å². The van der Waals surface area contributed by atoms with Crippen molar-refractivity contribution in [1.29, 1.82) is 0 Å². The number of primary amides is 1. The number of hydrogen-bond donors (Lipinski definition) is 2. The maximum absolute atomic E-state index is 12.4. The molecule has 0 saturated heterocycles. The van der Waals surface area contributed by atoms with E-state index in [1.54, 1.807) is 6.92 Å². The van der Waals surface area contributed by atoms with E-state index < -0.39 is 28.5 Å². The lowest BCUT2D eigenvalue weighted by molar-refractivity contribution is -0.390. The largest absolute Gasteiger partial charge is 0.465 e. The number of anilines is 1. The van der Waals surface area contributed by atoms with Crippen molar-refractivity contribution in [3.63, 3.8) is 0 Å². The van der Waals surface area contributed by atoms with Crippen molar-refractivity contribution in [2.24, 2.45) is 5.73 Å². The molecule has 3 N–H and O–H groups in total. The summed E-state index contributed by atoms with van der Waals surface area (Å²) in [5, 5.41) is 17.3. The van der Waals surface area contributed by atoms with Crippen molar-refractivity contribution in [3.05, 3.63) is 36.3 Å². The van der Waals surface area contributed by atoms with Gasteiger partial charge < -0.3 is 25.9 Å². The highest BCUT2D eigenvalue weighted by molar-refractivity contribution is 9.10. The molecule has 0 aliphatic heterocycles. The standard InChI is InChI=1S/C14H14BrN5O6S/c1-5-8(14(23)26-3)13(27-10(5)11(16)22)17-7(21)4-19-6(2)9(15)12(18-19)20(24)25/h4H2,1-3H3,(H2,16,22)(H,17,21). The zero-order valence-corrected chi connectivity index (χ0v) is 16.8. The van der Waals surface area contributed by atoms with Crippen molar-refractivity contribution in [2.45, 2.75) is 20.4 Å². The smallest absolute Gasteiger partial charge is 0.404 e. The lowest BCUT2D eigenvalue weighted by Crippen LogP contribution is -2.21. The molecule has 0 aliphatic carbocycles. The van der Waals surface area contributed by atoms with Crippen LogP contribution in [0.15, 0.2) is 4.47 Å². The Kier molecular flexibility index (Phi) is 5.95. The first kappa shape index (κ1) is 20.5. The third-order valence-corrected chi connectivity index (χ3v) is 5.75. The quantitative estimate of drug-likeness (QED) is 0.377. The Hall–Kier alpha value is -2.80. The molecule has 2 amide bonds. The highest BCUT2D eigenvalue weighted by Crippen LogP contribution is 2.33. The van der Waals surface area contributed by atoms with Crippen LogP contribution < -0.4 is 11.1 Å². The molecule has 0 fully saturated rings. The molecule has 2 rings (SSSR count). The number of nitrogens with two attached hydrogens (primary N) is 1. The van der Waals surface area contributed by atoms with E-state index in [0.717, 1.165) is 16.0 Å². The Morgan fingerprint density at radius 2 is 2.04 bits per heavy atom. The van der Waals surface area contributed by atoms with E-state index in [0.29, 0.717) is 11.3 Å². The molecule has 0 radical (unpaired) electrons. The molecule has 0 aliphatic rings. The van der Waals surface area contributed by atoms with E-state index in [1.165, 1.54) is 14.0 Å². The summed E-state index contributed by atoms with van der Waals surface area (Å²) in [6.45, 7) is 2.72. The van der Waals surface area contributed by atoms with Gasteiger partial charge in [0, 0.05) is 0 Å². The number of ether oxygens (including phenoxy) is 1. The monoisotopic (exact) mass is 459 g/mol. The second-order valence-electron chi connectivity index (χ2n) is 5.30. The average molecular weight is 460 g/mol. The van der Waals surface area contributed by atoms with Crippen LogP contribution in [0.25, 0.3) is 0 Å². The number of carbonyl (C=O) groups excluding carboxylic acids is 3. The highest BCUT2D eigenvalue weighted by Gasteiger charge is 2.27. The molecule has 2 aromatic rings. The number of esters is 1. The van der Waals surface area contributed by atoms with Crippen molar-refractivity contribution in [3.8, 4) is 0 Å². The van der Waals surface area contributed by atoms with Crippen LogP contribution in [0.4, 0.5) is 10.8 Å². The van der Waals surface area contributed by atoms with Crippen LogP contribution in [0.5, 0.6) is 0 Å². The fraction of sp³-hybridized carbons (Fsp3) is 0.286. The molecule has 0 bridgehead atoms. The summed E-state index contributed by atoms with van der Waals surface area (Å²) < 4.78 is 5.99. The van der Waals surface area contributed by atoms with Crippen LogP contribution >= 0.6 is 27.3 Å². The van der Waals surface area contributed by atoms with Gasteiger partial charge in [0.25, 0.3) is 5.91 Å². The first-order chi connectivity index (χ1) is 12.6. The van der Waals surface area contributed by atoms with E-state index >= 15 is 0 Å². The van der Waals surface area contributed by atoms with Crippen molar-refractivity contribution in [1.82, 2.24) is 9.78 Å². The SMILES string of the molecule is COC(=O)c1c(NC(=O)Cn2nc([N+](=O)[O-])c(Br)c2C)sc(C(N)=O)c1C. The van der Waals surface area contributed by atoms with Gasteiger partial charge in [-0.15, -0.1) is 11.3 Å². The molecule has 0 unspecified atom stereocenters. The number of methoxy groups -OCH3 is 1. The fourth-order valence-corrected chi connectivity index (χ4v) is 3.76. The Bertz CT molecular complexity index is 966. The summed E-state index contributed by atoms with van der Waals surface area (Å²) >= 11 is 3.90. The first-order valence-corrected chi connectivity index (χ1v) is 8.88. The number of nitrogens with zero attached hydrogens (tertiary/aromatic N) is 3. The Morgan fingerprint density at radius 3 is 2.52 bits per heavy atom. The normalized spacial score (nSPS) is 10.5. The lowest BCUT2D eigenvalue weighted by Gasteiger charge is -2.06. The van der Waals surface area contributed by atoms with E-state index in [9.17, 15) is 24.5 Å². The van der Waals surface area contributed by atoms with Gasteiger partial charge in [0.15, 0.2) is 0 Å². The number of hydrogen-bond acceptors (Lipinski definition) is 8. The summed E-state index contributed by atoms with van der Waals surface area (Å²) in [6, 6.07) is 0. The number of carbonyl (C=O) groups is 3. The molecular weight excluding hydrogens is 446 g/mol. The molecule has 13 heteroatoms. The maximum atomic E-state index is 12.4. The van der Waals surface area contributed by atoms with Crippen LogP contribution in [-0.4, -0.2) is 39.6 Å². The van der Waals surface area contributed by atoms with Crippen LogP contribution in [-0.2, 0) is 16.1 Å². The predicted octanol–water partition coefficient (Wildman–Crippen LogP) is 1.76. The van der Waals surface area contributed by atoms with Crippen LogP contribution in [0, 0.1) is 24.0 Å². The third-order valence-electron chi connectivity index (χ3n) is 3.60. The Balaban J connectivity index is 2.32. The summed E-state index contributed by atoms with van der Waals surface area (Å²) in [4.78, 5) is 46.2. The molecule has 0 saturated carbocycles. The number of thiophene rings is 1. The predicted molar refractivity (Wildman–Crippen MR) is 98.9 cm³/mol.